The van der Waals surface area contributed by atoms with Gasteiger partial charge in [-0.05, 0) is 36.6 Å². The molecule has 0 saturated carbocycles. The number of carbonyl (C=O) groups excluding carboxylic acids is 2. The molecular formula is C28H37N7O2S. The third-order valence-electron chi connectivity index (χ3n) is 6.66. The van der Waals surface area contributed by atoms with Crippen LogP contribution in [0.3, 0.4) is 0 Å². The second-order valence-electron chi connectivity index (χ2n) is 9.94. The van der Waals surface area contributed by atoms with Gasteiger partial charge in [0, 0.05) is 50.5 Å². The van der Waals surface area contributed by atoms with Gasteiger partial charge in [0.15, 0.2) is 0 Å². The number of fused-ring (bicyclic) bond motifs is 1. The Bertz CT molecular complexity index is 1250. The van der Waals surface area contributed by atoms with E-state index in [2.05, 4.69) is 46.8 Å². The van der Waals surface area contributed by atoms with E-state index in [1.165, 1.54) is 22.5 Å². The van der Waals surface area contributed by atoms with Crippen molar-refractivity contribution >= 4 is 28.8 Å². The second-order valence-corrected chi connectivity index (χ2v) is 11.1. The molecule has 0 unspecified atom stereocenters. The number of aryl methyl sites for hydroxylation is 2. The highest BCUT2D eigenvalue weighted by atomic mass is 32.1. The monoisotopic (exact) mass is 535 g/mol. The minimum atomic E-state index is -0.126. The Hall–Kier alpha value is -3.34. The SMILES string of the molecule is Cc1nnc(-c2ccc(C)c(NCC(=O)N(CCNC(C)C)CC(=O)N(C)N3Cc4ccccc4C3)c2)s1. The molecule has 2 aromatic carbocycles. The Morgan fingerprint density at radius 1 is 1.05 bits per heavy atom. The summed E-state index contributed by atoms with van der Waals surface area (Å²) >= 11 is 1.53. The molecule has 0 spiro atoms. The Balaban J connectivity index is 1.40. The lowest BCUT2D eigenvalue weighted by atomic mass is 10.1. The van der Waals surface area contributed by atoms with Crippen molar-refractivity contribution < 1.29 is 9.59 Å². The van der Waals surface area contributed by atoms with Crippen molar-refractivity contribution in [3.05, 3.63) is 64.2 Å². The summed E-state index contributed by atoms with van der Waals surface area (Å²) in [7, 11) is 1.78. The molecule has 9 nitrogen and oxygen atoms in total. The highest BCUT2D eigenvalue weighted by molar-refractivity contribution is 7.14. The molecule has 2 N–H and O–H groups in total. The lowest BCUT2D eigenvalue weighted by Crippen LogP contribution is -2.49. The highest BCUT2D eigenvalue weighted by Crippen LogP contribution is 2.28. The normalized spacial score (nSPS) is 13.0. The first-order valence-electron chi connectivity index (χ1n) is 13.0. The number of likely N-dealkylation sites (N-methyl/N-ethyl adjacent to an activating group) is 1. The van der Waals surface area contributed by atoms with Crippen LogP contribution in [0.4, 0.5) is 5.69 Å². The molecule has 202 valence electrons. The fourth-order valence-electron chi connectivity index (χ4n) is 4.37. The van der Waals surface area contributed by atoms with E-state index < -0.39 is 0 Å². The van der Waals surface area contributed by atoms with E-state index in [0.717, 1.165) is 26.8 Å². The second kappa shape index (κ2) is 12.5. The van der Waals surface area contributed by atoms with Crippen molar-refractivity contribution in [1.82, 2.24) is 30.4 Å². The predicted molar refractivity (Wildman–Crippen MR) is 151 cm³/mol. The van der Waals surface area contributed by atoms with Gasteiger partial charge in [0.1, 0.15) is 16.6 Å². The standard InChI is InChI=1S/C28H37N7O2S/c1-19(2)29-12-13-34(18-27(37)33(5)35-16-23-8-6-7-9-24(23)17-35)26(36)15-30-25-14-22(11-10-20(25)3)28-32-31-21(4)38-28/h6-11,14,19,29-30H,12-13,15-18H2,1-5H3. The van der Waals surface area contributed by atoms with Crippen LogP contribution in [0.2, 0.25) is 0 Å². The molecule has 1 aromatic heterocycles. The van der Waals surface area contributed by atoms with Crippen molar-refractivity contribution in [2.24, 2.45) is 0 Å². The largest absolute Gasteiger partial charge is 0.376 e. The molecule has 0 atom stereocenters. The number of nitrogens with zero attached hydrogens (tertiary/aromatic N) is 5. The smallest absolute Gasteiger partial charge is 0.256 e. The number of aromatic nitrogens is 2. The number of hydrogen-bond acceptors (Lipinski definition) is 8. The number of carbonyl (C=O) groups is 2. The molecule has 4 rings (SSSR count). The molecule has 2 amide bonds. The average Bonchev–Trinajstić information content (AvgIpc) is 3.53. The molecule has 10 heteroatoms. The van der Waals surface area contributed by atoms with Crippen molar-refractivity contribution in [3.8, 4) is 10.6 Å². The summed E-state index contributed by atoms with van der Waals surface area (Å²) in [5.74, 6) is -0.237. The van der Waals surface area contributed by atoms with Crippen LogP contribution in [0.1, 0.15) is 35.5 Å². The fraction of sp³-hybridized carbons (Fsp3) is 0.429. The average molecular weight is 536 g/mol. The lowest BCUT2D eigenvalue weighted by molar-refractivity contribution is -0.151. The maximum Gasteiger partial charge on any atom is 0.256 e. The molecule has 0 aliphatic carbocycles. The van der Waals surface area contributed by atoms with Crippen molar-refractivity contribution in [2.45, 2.75) is 46.8 Å². The topological polar surface area (TPSA) is 93.7 Å². The zero-order valence-corrected chi connectivity index (χ0v) is 23.6. The van der Waals surface area contributed by atoms with Gasteiger partial charge in [0.2, 0.25) is 5.91 Å². The highest BCUT2D eigenvalue weighted by Gasteiger charge is 2.27. The molecule has 0 radical (unpaired) electrons. The molecule has 1 aliphatic rings. The number of hydrazine groups is 1. The van der Waals surface area contributed by atoms with Gasteiger partial charge in [0.05, 0.1) is 6.54 Å². The van der Waals surface area contributed by atoms with Crippen molar-refractivity contribution in [2.75, 3.05) is 38.5 Å². The number of benzene rings is 2. The van der Waals surface area contributed by atoms with Gasteiger partial charge in [-0.2, -0.15) is 0 Å². The third-order valence-corrected chi connectivity index (χ3v) is 7.55. The van der Waals surface area contributed by atoms with Crippen molar-refractivity contribution in [3.63, 3.8) is 0 Å². The van der Waals surface area contributed by atoms with Gasteiger partial charge in [-0.25, -0.2) is 5.01 Å². The molecule has 3 aromatic rings. The van der Waals surface area contributed by atoms with Crippen LogP contribution in [0.5, 0.6) is 0 Å². The number of rotatable bonds is 11. The van der Waals surface area contributed by atoms with Gasteiger partial charge < -0.3 is 15.5 Å². The summed E-state index contributed by atoms with van der Waals surface area (Å²) in [4.78, 5) is 28.3. The summed E-state index contributed by atoms with van der Waals surface area (Å²) in [6.45, 7) is 10.6. The zero-order valence-electron chi connectivity index (χ0n) is 22.8. The summed E-state index contributed by atoms with van der Waals surface area (Å²) in [6.07, 6.45) is 0. The van der Waals surface area contributed by atoms with Crippen LogP contribution in [0, 0.1) is 13.8 Å². The quantitative estimate of drug-likeness (QED) is 0.388. The zero-order chi connectivity index (χ0) is 27.2. The van der Waals surface area contributed by atoms with Crippen LogP contribution in [-0.4, -0.2) is 76.2 Å². The minimum absolute atomic E-state index is 0.0206. The van der Waals surface area contributed by atoms with Crippen molar-refractivity contribution in [1.29, 1.82) is 0 Å². The Labute approximate surface area is 228 Å². The summed E-state index contributed by atoms with van der Waals surface area (Å²) < 4.78 is 0. The first-order chi connectivity index (χ1) is 18.2. The van der Waals surface area contributed by atoms with Gasteiger partial charge >= 0.3 is 0 Å². The maximum absolute atomic E-state index is 13.4. The van der Waals surface area contributed by atoms with Crippen LogP contribution < -0.4 is 10.6 Å². The number of hydrogen-bond donors (Lipinski definition) is 2. The first kappa shape index (κ1) is 27.7. The molecule has 0 bridgehead atoms. The molecule has 1 aliphatic heterocycles. The molecule has 0 fully saturated rings. The van der Waals surface area contributed by atoms with Gasteiger partial charge in [-0.15, -0.1) is 10.2 Å². The molecule has 38 heavy (non-hydrogen) atoms. The number of nitrogens with one attached hydrogen (secondary N) is 2. The van der Waals surface area contributed by atoms with Crippen LogP contribution in [0.15, 0.2) is 42.5 Å². The van der Waals surface area contributed by atoms with Crippen LogP contribution >= 0.6 is 11.3 Å². The van der Waals surface area contributed by atoms with Crippen LogP contribution in [-0.2, 0) is 22.7 Å². The minimum Gasteiger partial charge on any atom is -0.376 e. The Morgan fingerprint density at radius 3 is 2.39 bits per heavy atom. The number of anilines is 1. The Kier molecular flexibility index (Phi) is 9.09. The van der Waals surface area contributed by atoms with Gasteiger partial charge in [-0.1, -0.05) is 61.6 Å². The van der Waals surface area contributed by atoms with E-state index in [0.29, 0.717) is 32.2 Å². The van der Waals surface area contributed by atoms with E-state index in [4.69, 9.17) is 0 Å². The van der Waals surface area contributed by atoms with E-state index in [9.17, 15) is 9.59 Å². The third kappa shape index (κ3) is 6.94. The molecular weight excluding hydrogens is 498 g/mol. The van der Waals surface area contributed by atoms with Gasteiger partial charge in [-0.3, -0.25) is 14.6 Å². The lowest BCUT2D eigenvalue weighted by Gasteiger charge is -2.31. The van der Waals surface area contributed by atoms with E-state index in [-0.39, 0.29) is 24.9 Å². The van der Waals surface area contributed by atoms with Crippen LogP contribution in [0.25, 0.3) is 10.6 Å². The molecule has 2 heterocycles. The van der Waals surface area contributed by atoms with Gasteiger partial charge in [0.25, 0.3) is 5.91 Å². The summed E-state index contributed by atoms with van der Waals surface area (Å²) in [5, 5.41) is 20.4. The van der Waals surface area contributed by atoms with E-state index >= 15 is 0 Å². The first-order valence-corrected chi connectivity index (χ1v) is 13.8. The fourth-order valence-corrected chi connectivity index (χ4v) is 5.06. The molecule has 0 saturated heterocycles. The summed E-state index contributed by atoms with van der Waals surface area (Å²) in [6, 6.07) is 14.5. The maximum atomic E-state index is 13.4. The summed E-state index contributed by atoms with van der Waals surface area (Å²) in [5.41, 5.74) is 5.30. The Morgan fingerprint density at radius 2 is 1.76 bits per heavy atom. The number of amides is 2. The van der Waals surface area contributed by atoms with E-state index in [1.54, 1.807) is 17.0 Å². The predicted octanol–water partition coefficient (Wildman–Crippen LogP) is 3.45. The van der Waals surface area contributed by atoms with E-state index in [1.807, 2.05) is 49.2 Å².